The van der Waals surface area contributed by atoms with E-state index in [9.17, 15) is 0 Å². The van der Waals surface area contributed by atoms with Crippen LogP contribution >= 0.6 is 11.6 Å². The second kappa shape index (κ2) is 2.14. The van der Waals surface area contributed by atoms with Crippen LogP contribution < -0.4 is 0 Å². The fraction of sp³-hybridized carbons (Fsp3) is 1.00. The van der Waals surface area contributed by atoms with E-state index in [1.807, 2.05) is 0 Å². The van der Waals surface area contributed by atoms with Gasteiger partial charge in [-0.1, -0.05) is 6.92 Å². The molecular weight excluding hydrogens is 144 g/mol. The molecule has 0 nitrogen and oxygen atoms in total. The minimum atomic E-state index is 0.738. The second-order valence-corrected chi connectivity index (χ2v) is 4.22. The van der Waals surface area contributed by atoms with Gasteiger partial charge in [0.1, 0.15) is 0 Å². The van der Waals surface area contributed by atoms with Gasteiger partial charge in [0.25, 0.3) is 0 Å². The van der Waals surface area contributed by atoms with E-state index in [0.29, 0.717) is 0 Å². The molecule has 0 aromatic rings. The van der Waals surface area contributed by atoms with E-state index in [0.717, 1.165) is 23.1 Å². The van der Waals surface area contributed by atoms with Gasteiger partial charge in [0.15, 0.2) is 0 Å². The van der Waals surface area contributed by atoms with Crippen LogP contribution in [0.5, 0.6) is 0 Å². The smallest absolute Gasteiger partial charge is 0.0257 e. The summed E-state index contributed by atoms with van der Waals surface area (Å²) in [6, 6.07) is 0. The van der Waals surface area contributed by atoms with Crippen LogP contribution in [0.2, 0.25) is 0 Å². The lowest BCUT2D eigenvalue weighted by molar-refractivity contribution is 0.389. The molecule has 2 aliphatic rings. The third-order valence-electron chi connectivity index (χ3n) is 3.51. The van der Waals surface area contributed by atoms with Crippen molar-refractivity contribution in [2.45, 2.75) is 32.6 Å². The zero-order valence-electron chi connectivity index (χ0n) is 6.57. The zero-order chi connectivity index (χ0) is 7.19. The van der Waals surface area contributed by atoms with Crippen molar-refractivity contribution in [2.75, 3.05) is 5.88 Å². The summed E-state index contributed by atoms with van der Waals surface area (Å²) in [5, 5.41) is 0. The highest BCUT2D eigenvalue weighted by Gasteiger charge is 2.59. The van der Waals surface area contributed by atoms with Crippen molar-refractivity contribution in [1.82, 2.24) is 0 Å². The number of rotatable bonds is 3. The van der Waals surface area contributed by atoms with Crippen molar-refractivity contribution < 1.29 is 0 Å². The third-order valence-corrected chi connectivity index (χ3v) is 3.89. The van der Waals surface area contributed by atoms with E-state index in [4.69, 9.17) is 11.6 Å². The van der Waals surface area contributed by atoms with E-state index < -0.39 is 0 Å². The first-order valence-electron chi connectivity index (χ1n) is 4.39. The Kier molecular flexibility index (Phi) is 1.49. The fourth-order valence-electron chi connectivity index (χ4n) is 2.49. The highest BCUT2D eigenvalue weighted by molar-refractivity contribution is 6.18. The molecule has 0 aromatic heterocycles. The number of hydrogen-bond acceptors (Lipinski definition) is 0. The number of halogens is 1. The average molecular weight is 159 g/mol. The molecule has 0 aromatic carbocycles. The monoisotopic (exact) mass is 158 g/mol. The maximum absolute atomic E-state index is 5.83. The lowest BCUT2D eigenvalue weighted by atomic mass is 9.95. The Hall–Kier alpha value is 0.290. The maximum Gasteiger partial charge on any atom is 0.0257 e. The first kappa shape index (κ1) is 6.97. The Balaban J connectivity index is 1.98. The van der Waals surface area contributed by atoms with Crippen LogP contribution in [0.25, 0.3) is 0 Å². The molecule has 0 heterocycles. The highest BCUT2D eigenvalue weighted by atomic mass is 35.5. The summed E-state index contributed by atoms with van der Waals surface area (Å²) >= 11 is 5.83. The van der Waals surface area contributed by atoms with Crippen LogP contribution in [0.1, 0.15) is 32.6 Å². The van der Waals surface area contributed by atoms with E-state index >= 15 is 0 Å². The summed E-state index contributed by atoms with van der Waals surface area (Å²) in [6.45, 7) is 2.32. The van der Waals surface area contributed by atoms with Crippen molar-refractivity contribution in [3.05, 3.63) is 0 Å². The van der Waals surface area contributed by atoms with Crippen LogP contribution in [0, 0.1) is 17.3 Å². The van der Waals surface area contributed by atoms with Gasteiger partial charge in [-0.2, -0.15) is 0 Å². The molecule has 0 saturated heterocycles. The summed E-state index contributed by atoms with van der Waals surface area (Å²) < 4.78 is 0. The van der Waals surface area contributed by atoms with Crippen LogP contribution in [0.15, 0.2) is 0 Å². The van der Waals surface area contributed by atoms with Crippen molar-refractivity contribution >= 4 is 11.6 Å². The molecule has 0 amide bonds. The normalized spacial score (nSPS) is 45.6. The molecule has 2 atom stereocenters. The Morgan fingerprint density at radius 3 is 2.50 bits per heavy atom. The molecule has 10 heavy (non-hydrogen) atoms. The fourth-order valence-corrected chi connectivity index (χ4v) is 2.90. The molecule has 0 aliphatic heterocycles. The molecule has 1 heteroatoms. The van der Waals surface area contributed by atoms with Crippen molar-refractivity contribution in [1.29, 1.82) is 0 Å². The van der Waals surface area contributed by atoms with E-state index in [1.165, 1.54) is 25.7 Å². The van der Waals surface area contributed by atoms with Gasteiger partial charge in [0, 0.05) is 5.88 Å². The Morgan fingerprint density at radius 1 is 1.50 bits per heavy atom. The summed E-state index contributed by atoms with van der Waals surface area (Å²) in [7, 11) is 0. The van der Waals surface area contributed by atoms with Gasteiger partial charge >= 0.3 is 0 Å². The van der Waals surface area contributed by atoms with Crippen molar-refractivity contribution in [3.8, 4) is 0 Å². The van der Waals surface area contributed by atoms with E-state index in [2.05, 4.69) is 6.92 Å². The average Bonchev–Trinajstić information content (AvgIpc) is 2.83. The van der Waals surface area contributed by atoms with Gasteiger partial charge in [-0.25, -0.2) is 0 Å². The molecule has 58 valence electrons. The first-order valence-corrected chi connectivity index (χ1v) is 4.93. The quantitative estimate of drug-likeness (QED) is 0.554. The molecule has 0 spiro atoms. The minimum Gasteiger partial charge on any atom is -0.126 e. The predicted octanol–water partition coefficient (Wildman–Crippen LogP) is 3.05. The third kappa shape index (κ3) is 0.812. The Morgan fingerprint density at radius 2 is 2.20 bits per heavy atom. The lowest BCUT2D eigenvalue weighted by Gasteiger charge is -2.11. The molecule has 0 radical (unpaired) electrons. The number of hydrogen-bond donors (Lipinski definition) is 0. The topological polar surface area (TPSA) is 0 Å². The maximum atomic E-state index is 5.83. The van der Waals surface area contributed by atoms with Gasteiger partial charge in [-0.3, -0.25) is 0 Å². The Labute approximate surface area is 68.0 Å². The molecule has 2 fully saturated rings. The summed E-state index contributed by atoms with van der Waals surface area (Å²) in [5.74, 6) is 2.86. The molecule has 2 aliphatic carbocycles. The van der Waals surface area contributed by atoms with Crippen LogP contribution in [-0.2, 0) is 0 Å². The Bertz CT molecular complexity index is 140. The van der Waals surface area contributed by atoms with E-state index in [-0.39, 0.29) is 0 Å². The predicted molar refractivity (Wildman–Crippen MR) is 44.3 cm³/mol. The number of alkyl halides is 1. The van der Waals surface area contributed by atoms with Gasteiger partial charge < -0.3 is 0 Å². The van der Waals surface area contributed by atoms with Gasteiger partial charge in [0.05, 0.1) is 0 Å². The van der Waals surface area contributed by atoms with Crippen molar-refractivity contribution in [2.24, 2.45) is 17.3 Å². The molecule has 2 saturated carbocycles. The van der Waals surface area contributed by atoms with Crippen LogP contribution in [-0.4, -0.2) is 5.88 Å². The summed E-state index contributed by atoms with van der Waals surface area (Å²) in [5.41, 5.74) is 0.738. The van der Waals surface area contributed by atoms with Gasteiger partial charge in [-0.05, 0) is 42.9 Å². The zero-order valence-corrected chi connectivity index (χ0v) is 7.32. The summed E-state index contributed by atoms with van der Waals surface area (Å²) in [6.07, 6.45) is 5.77. The summed E-state index contributed by atoms with van der Waals surface area (Å²) in [4.78, 5) is 0. The van der Waals surface area contributed by atoms with Crippen LogP contribution in [0.4, 0.5) is 0 Å². The van der Waals surface area contributed by atoms with Crippen molar-refractivity contribution in [3.63, 3.8) is 0 Å². The first-order chi connectivity index (χ1) is 4.83. The van der Waals surface area contributed by atoms with Gasteiger partial charge in [-0.15, -0.1) is 11.6 Å². The SMILES string of the molecule is CCC1(C2CC2)CC1CCl. The lowest BCUT2D eigenvalue weighted by Crippen LogP contribution is -2.05. The van der Waals surface area contributed by atoms with Crippen LogP contribution in [0.3, 0.4) is 0 Å². The second-order valence-electron chi connectivity index (χ2n) is 3.92. The largest absolute Gasteiger partial charge is 0.126 e. The standard InChI is InChI=1S/C9H15Cl/c1-2-9(7-3-4-7)5-8(9)6-10/h7-8H,2-6H2,1H3. The highest BCUT2D eigenvalue weighted by Crippen LogP contribution is 2.67. The molecule has 2 rings (SSSR count). The minimum absolute atomic E-state index is 0.738. The van der Waals surface area contributed by atoms with Gasteiger partial charge in [0.2, 0.25) is 0 Å². The molecular formula is C9H15Cl. The molecule has 2 unspecified atom stereocenters. The van der Waals surface area contributed by atoms with E-state index in [1.54, 1.807) is 0 Å². The molecule has 0 bridgehead atoms. The molecule has 0 N–H and O–H groups in total.